The van der Waals surface area contributed by atoms with Crippen molar-refractivity contribution >= 4 is 0 Å². The fraction of sp³-hybridized carbons (Fsp3) is 0.500. The van der Waals surface area contributed by atoms with E-state index in [1.807, 2.05) is 13.8 Å². The molecule has 0 heterocycles. The molecule has 110 valence electrons. The molecule has 0 saturated heterocycles. The van der Waals surface area contributed by atoms with Crippen LogP contribution in [0.15, 0.2) is 18.2 Å². The first-order valence-electron chi connectivity index (χ1n) is 6.59. The summed E-state index contributed by atoms with van der Waals surface area (Å²) < 4.78 is 24.4. The highest BCUT2D eigenvalue weighted by atomic mass is 19.1. The second kappa shape index (κ2) is 8.01. The van der Waals surface area contributed by atoms with Crippen molar-refractivity contribution < 1.29 is 13.9 Å². The van der Waals surface area contributed by atoms with Crippen molar-refractivity contribution in [3.63, 3.8) is 0 Å². The van der Waals surface area contributed by atoms with E-state index in [0.717, 1.165) is 12.0 Å². The number of nitrogens with two attached hydrogens (primary N) is 1. The Morgan fingerprint density at radius 3 is 2.75 bits per heavy atom. The maximum Gasteiger partial charge on any atom is 0.138 e. The van der Waals surface area contributed by atoms with Gasteiger partial charge in [0, 0.05) is 13.7 Å². The fourth-order valence-electron chi connectivity index (χ4n) is 1.51. The number of hydrogen-bond acceptors (Lipinski definition) is 3. The molecule has 1 rings (SSSR count). The van der Waals surface area contributed by atoms with Crippen molar-refractivity contribution in [1.29, 1.82) is 0 Å². The third-order valence-corrected chi connectivity index (χ3v) is 3.03. The average molecular weight is 279 g/mol. The van der Waals surface area contributed by atoms with Gasteiger partial charge in [-0.25, -0.2) is 4.39 Å². The summed E-state index contributed by atoms with van der Waals surface area (Å²) in [6, 6.07) is 4.79. The van der Waals surface area contributed by atoms with E-state index >= 15 is 0 Å². The second-order valence-corrected chi connectivity index (χ2v) is 5.09. The normalized spacial score (nSPS) is 11.1. The van der Waals surface area contributed by atoms with Crippen molar-refractivity contribution in [2.24, 2.45) is 5.73 Å². The summed E-state index contributed by atoms with van der Waals surface area (Å²) in [6.07, 6.45) is 0.796. The molecule has 4 heteroatoms. The van der Waals surface area contributed by atoms with Crippen LogP contribution in [-0.4, -0.2) is 25.9 Å². The van der Waals surface area contributed by atoms with E-state index in [1.165, 1.54) is 6.07 Å². The summed E-state index contributed by atoms with van der Waals surface area (Å²) in [5.74, 6) is 5.02. The Hall–Kier alpha value is -1.41. The van der Waals surface area contributed by atoms with E-state index in [-0.39, 0.29) is 18.0 Å². The van der Waals surface area contributed by atoms with Crippen molar-refractivity contribution in [3.8, 4) is 11.8 Å². The quantitative estimate of drug-likeness (QED) is 0.642. The van der Waals surface area contributed by atoms with Gasteiger partial charge in [0.1, 0.15) is 5.82 Å². The Morgan fingerprint density at radius 2 is 2.10 bits per heavy atom. The van der Waals surface area contributed by atoms with Crippen molar-refractivity contribution in [2.45, 2.75) is 32.5 Å². The highest BCUT2D eigenvalue weighted by Crippen LogP contribution is 2.14. The maximum absolute atomic E-state index is 13.5. The minimum absolute atomic E-state index is 0.194. The summed E-state index contributed by atoms with van der Waals surface area (Å²) in [4.78, 5) is 0. The molecule has 0 saturated carbocycles. The molecule has 0 atom stereocenters. The molecule has 0 bridgehead atoms. The first kappa shape index (κ1) is 16.6. The zero-order valence-electron chi connectivity index (χ0n) is 12.3. The number of methoxy groups -OCH3 is 1. The lowest BCUT2D eigenvalue weighted by atomic mass is 10.1. The van der Waals surface area contributed by atoms with Crippen LogP contribution in [0, 0.1) is 17.7 Å². The topological polar surface area (TPSA) is 44.5 Å². The van der Waals surface area contributed by atoms with Crippen LogP contribution in [-0.2, 0) is 16.1 Å². The predicted octanol–water partition coefficient (Wildman–Crippen LogP) is 2.47. The molecule has 0 aliphatic carbocycles. The number of benzene rings is 1. The standard InChI is InChI=1S/C16H22FNO2/c1-16(2,19-3)8-10-20-12-13-6-7-15(17)14(11-13)5-4-9-18/h6-7,11H,8-10,12,18H2,1-3H3. The maximum atomic E-state index is 13.5. The molecular weight excluding hydrogens is 257 g/mol. The molecule has 0 aliphatic rings. The third kappa shape index (κ3) is 5.70. The largest absolute Gasteiger partial charge is 0.379 e. The molecule has 0 amide bonds. The highest BCUT2D eigenvalue weighted by molar-refractivity contribution is 5.38. The lowest BCUT2D eigenvalue weighted by Crippen LogP contribution is -2.24. The third-order valence-electron chi connectivity index (χ3n) is 3.03. The van der Waals surface area contributed by atoms with Gasteiger partial charge >= 0.3 is 0 Å². The Bertz CT molecular complexity index is 489. The Kier molecular flexibility index (Phi) is 6.66. The van der Waals surface area contributed by atoms with Crippen molar-refractivity contribution in [2.75, 3.05) is 20.3 Å². The van der Waals surface area contributed by atoms with Crippen LogP contribution in [0.25, 0.3) is 0 Å². The highest BCUT2D eigenvalue weighted by Gasteiger charge is 2.15. The average Bonchev–Trinajstić information content (AvgIpc) is 2.43. The number of ether oxygens (including phenoxy) is 2. The minimum Gasteiger partial charge on any atom is -0.379 e. The minimum atomic E-state index is -0.338. The van der Waals surface area contributed by atoms with Crippen molar-refractivity contribution in [3.05, 3.63) is 35.1 Å². The lowest BCUT2D eigenvalue weighted by molar-refractivity contribution is -0.0124. The summed E-state index contributed by atoms with van der Waals surface area (Å²) in [6.45, 7) is 5.25. The lowest BCUT2D eigenvalue weighted by Gasteiger charge is -2.22. The number of halogens is 1. The predicted molar refractivity (Wildman–Crippen MR) is 77.7 cm³/mol. The monoisotopic (exact) mass is 279 g/mol. The van der Waals surface area contributed by atoms with Gasteiger partial charge in [-0.2, -0.15) is 0 Å². The van der Waals surface area contributed by atoms with Gasteiger partial charge < -0.3 is 15.2 Å². The van der Waals surface area contributed by atoms with Gasteiger partial charge in [0.05, 0.1) is 24.3 Å². The van der Waals surface area contributed by atoms with Crippen LogP contribution in [0.1, 0.15) is 31.4 Å². The van der Waals surface area contributed by atoms with Crippen LogP contribution in [0.2, 0.25) is 0 Å². The molecule has 0 unspecified atom stereocenters. The SMILES string of the molecule is COC(C)(C)CCOCc1ccc(F)c(C#CCN)c1. The van der Waals surface area contributed by atoms with Crippen LogP contribution in [0.5, 0.6) is 0 Å². The van der Waals surface area contributed by atoms with Gasteiger partial charge in [0.25, 0.3) is 0 Å². The summed E-state index contributed by atoms with van der Waals surface area (Å²) in [5.41, 5.74) is 6.34. The van der Waals surface area contributed by atoms with Gasteiger partial charge in [-0.05, 0) is 38.0 Å². The van der Waals surface area contributed by atoms with Gasteiger partial charge in [-0.3, -0.25) is 0 Å². The van der Waals surface area contributed by atoms with Gasteiger partial charge in [0.15, 0.2) is 0 Å². The molecule has 1 aromatic carbocycles. The molecule has 0 radical (unpaired) electrons. The van der Waals surface area contributed by atoms with E-state index in [2.05, 4.69) is 11.8 Å². The molecule has 3 nitrogen and oxygen atoms in total. The number of rotatable bonds is 6. The second-order valence-electron chi connectivity index (χ2n) is 5.09. The first-order chi connectivity index (χ1) is 9.48. The summed E-state index contributed by atoms with van der Waals surface area (Å²) >= 11 is 0. The van der Waals surface area contributed by atoms with Gasteiger partial charge in [0.2, 0.25) is 0 Å². The molecule has 0 fully saturated rings. The van der Waals surface area contributed by atoms with Gasteiger partial charge in [-0.1, -0.05) is 17.9 Å². The van der Waals surface area contributed by atoms with E-state index < -0.39 is 0 Å². The molecule has 2 N–H and O–H groups in total. The molecule has 0 aliphatic heterocycles. The summed E-state index contributed by atoms with van der Waals surface area (Å²) in [7, 11) is 1.68. The Morgan fingerprint density at radius 1 is 1.35 bits per heavy atom. The zero-order valence-corrected chi connectivity index (χ0v) is 12.3. The molecule has 20 heavy (non-hydrogen) atoms. The first-order valence-corrected chi connectivity index (χ1v) is 6.59. The van der Waals surface area contributed by atoms with Gasteiger partial charge in [-0.15, -0.1) is 0 Å². The van der Waals surface area contributed by atoms with Crippen molar-refractivity contribution in [1.82, 2.24) is 0 Å². The molecule has 0 aromatic heterocycles. The smallest absolute Gasteiger partial charge is 0.138 e. The van der Waals surface area contributed by atoms with Crippen LogP contribution < -0.4 is 5.73 Å². The van der Waals surface area contributed by atoms with E-state index in [0.29, 0.717) is 18.8 Å². The zero-order chi connectivity index (χ0) is 15.0. The van der Waals surface area contributed by atoms with E-state index in [1.54, 1.807) is 19.2 Å². The molecular formula is C16H22FNO2. The Balaban J connectivity index is 2.53. The van der Waals surface area contributed by atoms with Crippen LogP contribution >= 0.6 is 0 Å². The molecule has 0 spiro atoms. The fourth-order valence-corrected chi connectivity index (χ4v) is 1.51. The van der Waals surface area contributed by atoms with E-state index in [9.17, 15) is 4.39 Å². The number of hydrogen-bond donors (Lipinski definition) is 1. The summed E-state index contributed by atoms with van der Waals surface area (Å²) in [5, 5.41) is 0. The molecule has 1 aromatic rings. The van der Waals surface area contributed by atoms with E-state index in [4.69, 9.17) is 15.2 Å². The van der Waals surface area contributed by atoms with Crippen LogP contribution in [0.4, 0.5) is 4.39 Å². The van der Waals surface area contributed by atoms with Crippen LogP contribution in [0.3, 0.4) is 0 Å². The Labute approximate surface area is 120 Å².